The van der Waals surface area contributed by atoms with Gasteiger partial charge in [-0.25, -0.2) is 4.98 Å². The van der Waals surface area contributed by atoms with Gasteiger partial charge in [0.15, 0.2) is 5.82 Å². The van der Waals surface area contributed by atoms with Gasteiger partial charge in [-0.2, -0.15) is 4.98 Å². The number of halogens is 1. The van der Waals surface area contributed by atoms with Crippen LogP contribution < -0.4 is 5.32 Å². The van der Waals surface area contributed by atoms with Crippen molar-refractivity contribution in [1.29, 1.82) is 0 Å². The third-order valence-electron chi connectivity index (χ3n) is 6.75. The first kappa shape index (κ1) is 20.7. The third kappa shape index (κ3) is 3.78. The van der Waals surface area contributed by atoms with Crippen LogP contribution in [-0.4, -0.2) is 38.1 Å². The van der Waals surface area contributed by atoms with Crippen molar-refractivity contribution >= 4 is 34.1 Å². The quantitative estimate of drug-likeness (QED) is 0.430. The summed E-state index contributed by atoms with van der Waals surface area (Å²) in [6.45, 7) is 2.04. The molecule has 2 aromatic heterocycles. The number of para-hydroxylation sites is 1. The number of benzene rings is 2. The lowest BCUT2D eigenvalue weighted by atomic mass is 9.91. The molecule has 0 spiro atoms. The zero-order chi connectivity index (χ0) is 22.5. The monoisotopic (exact) mass is 459 g/mol. The third-order valence-corrected chi connectivity index (χ3v) is 7.02. The first-order valence-corrected chi connectivity index (χ1v) is 11.8. The fraction of sp³-hybridized carbons (Fsp3) is 0.308. The number of aliphatic hydroxyl groups is 1. The first-order chi connectivity index (χ1) is 16.1. The highest BCUT2D eigenvalue weighted by Gasteiger charge is 2.29. The highest BCUT2D eigenvalue weighted by Crippen LogP contribution is 2.44. The zero-order valence-electron chi connectivity index (χ0n) is 18.6. The highest BCUT2D eigenvalue weighted by atomic mass is 35.5. The van der Waals surface area contributed by atoms with Crippen LogP contribution >= 0.6 is 11.6 Å². The van der Waals surface area contributed by atoms with Crippen LogP contribution in [0.25, 0.3) is 16.7 Å². The van der Waals surface area contributed by atoms with Crippen LogP contribution in [0.3, 0.4) is 0 Å². The molecule has 2 aliphatic rings. The summed E-state index contributed by atoms with van der Waals surface area (Å²) in [6, 6.07) is 12.5. The molecule has 1 fully saturated rings. The number of rotatable bonds is 5. The summed E-state index contributed by atoms with van der Waals surface area (Å²) in [5.74, 6) is 1.78. The second-order valence-corrected chi connectivity index (χ2v) is 9.56. The smallest absolute Gasteiger partial charge is 0.229 e. The minimum absolute atomic E-state index is 0.0468. The fourth-order valence-corrected chi connectivity index (χ4v) is 5.16. The Hall–Kier alpha value is -2.93. The molecule has 1 aliphatic carbocycles. The number of aromatic nitrogens is 3. The Labute approximate surface area is 197 Å². The lowest BCUT2D eigenvalue weighted by Crippen LogP contribution is -2.27. The standard InChI is InChI=1S/C26H26ClN5O/c1-31-9-8-20-17(13-31)10-19(11-22(20)16-6-7-16)29-26-28-12-23(27)25(30-26)32-14-18(15-33)21-4-2-3-5-24(21)32/h2-5,10-12,14,16,33H,6-9,13,15H2,1H3,(H,28,29,30). The minimum Gasteiger partial charge on any atom is -0.392 e. The molecule has 2 aromatic carbocycles. The van der Waals surface area contributed by atoms with Gasteiger partial charge >= 0.3 is 0 Å². The van der Waals surface area contributed by atoms with Crippen LogP contribution in [0.15, 0.2) is 48.8 Å². The number of hydrogen-bond acceptors (Lipinski definition) is 5. The maximum atomic E-state index is 9.81. The predicted octanol–water partition coefficient (Wildman–Crippen LogP) is 5.18. The van der Waals surface area contributed by atoms with Gasteiger partial charge in [0.2, 0.25) is 5.95 Å². The van der Waals surface area contributed by atoms with E-state index in [1.165, 1.54) is 29.5 Å². The molecule has 0 atom stereocenters. The van der Waals surface area contributed by atoms with Crippen LogP contribution in [0.2, 0.25) is 5.02 Å². The van der Waals surface area contributed by atoms with Gasteiger partial charge in [0.25, 0.3) is 0 Å². The zero-order valence-corrected chi connectivity index (χ0v) is 19.3. The fourth-order valence-electron chi connectivity index (χ4n) is 4.97. The largest absolute Gasteiger partial charge is 0.392 e. The second-order valence-electron chi connectivity index (χ2n) is 9.15. The Morgan fingerprint density at radius 3 is 2.88 bits per heavy atom. The summed E-state index contributed by atoms with van der Waals surface area (Å²) in [6.07, 6.45) is 7.20. The summed E-state index contributed by atoms with van der Waals surface area (Å²) in [7, 11) is 2.18. The number of hydrogen-bond donors (Lipinski definition) is 2. The number of anilines is 2. The Morgan fingerprint density at radius 2 is 2.06 bits per heavy atom. The van der Waals surface area contributed by atoms with Gasteiger partial charge in [0.1, 0.15) is 5.02 Å². The van der Waals surface area contributed by atoms with Crippen LogP contribution in [0.1, 0.15) is 41.0 Å². The van der Waals surface area contributed by atoms with E-state index in [0.29, 0.717) is 22.7 Å². The SMILES string of the molecule is CN1CCc2c(cc(Nc3ncc(Cl)c(-n4cc(CO)c5ccccc54)n3)cc2C2CC2)C1. The molecule has 0 saturated heterocycles. The molecule has 6 nitrogen and oxygen atoms in total. The van der Waals surface area contributed by atoms with Gasteiger partial charge in [0, 0.05) is 35.9 Å². The van der Waals surface area contributed by atoms with E-state index in [1.807, 2.05) is 35.0 Å². The molecule has 33 heavy (non-hydrogen) atoms. The van der Waals surface area contributed by atoms with Gasteiger partial charge in [-0.15, -0.1) is 0 Å². The van der Waals surface area contributed by atoms with E-state index in [-0.39, 0.29) is 6.61 Å². The van der Waals surface area contributed by atoms with E-state index in [1.54, 1.807) is 6.20 Å². The highest BCUT2D eigenvalue weighted by molar-refractivity contribution is 6.32. The molecule has 7 heteroatoms. The lowest BCUT2D eigenvalue weighted by Gasteiger charge is -2.28. The first-order valence-electron chi connectivity index (χ1n) is 11.4. The van der Waals surface area contributed by atoms with Crippen LogP contribution in [0.4, 0.5) is 11.6 Å². The molecule has 4 aromatic rings. The van der Waals surface area contributed by atoms with Crippen molar-refractivity contribution in [2.24, 2.45) is 0 Å². The summed E-state index contributed by atoms with van der Waals surface area (Å²) < 4.78 is 1.92. The van der Waals surface area contributed by atoms with Crippen LogP contribution in [0, 0.1) is 0 Å². The molecule has 3 heterocycles. The second kappa shape index (κ2) is 8.13. The normalized spacial score (nSPS) is 16.2. The molecule has 0 amide bonds. The van der Waals surface area contributed by atoms with Crippen molar-refractivity contribution < 1.29 is 5.11 Å². The van der Waals surface area contributed by atoms with E-state index in [9.17, 15) is 5.11 Å². The molecule has 1 saturated carbocycles. The average molecular weight is 460 g/mol. The maximum Gasteiger partial charge on any atom is 0.229 e. The topological polar surface area (TPSA) is 66.2 Å². The number of fused-ring (bicyclic) bond motifs is 2. The van der Waals surface area contributed by atoms with E-state index in [4.69, 9.17) is 16.6 Å². The predicted molar refractivity (Wildman–Crippen MR) is 132 cm³/mol. The van der Waals surface area contributed by atoms with Crippen molar-refractivity contribution in [2.45, 2.75) is 38.3 Å². The van der Waals surface area contributed by atoms with Gasteiger partial charge in [0.05, 0.1) is 18.3 Å². The molecule has 0 unspecified atom stereocenters. The van der Waals surface area contributed by atoms with Gasteiger partial charge < -0.3 is 15.3 Å². The van der Waals surface area contributed by atoms with E-state index >= 15 is 0 Å². The van der Waals surface area contributed by atoms with Crippen LogP contribution in [0.5, 0.6) is 0 Å². The Morgan fingerprint density at radius 1 is 1.21 bits per heavy atom. The number of likely N-dealkylation sites (N-methyl/N-ethyl adjacent to an activating group) is 1. The Balaban J connectivity index is 1.39. The Kier molecular flexibility index (Phi) is 5.09. The van der Waals surface area contributed by atoms with Crippen molar-refractivity contribution in [3.05, 3.63) is 76.1 Å². The minimum atomic E-state index is -0.0468. The van der Waals surface area contributed by atoms with Crippen molar-refractivity contribution in [2.75, 3.05) is 18.9 Å². The average Bonchev–Trinajstić information content (AvgIpc) is 3.60. The molecule has 168 valence electrons. The van der Waals surface area contributed by atoms with E-state index < -0.39 is 0 Å². The maximum absolute atomic E-state index is 9.81. The summed E-state index contributed by atoms with van der Waals surface area (Å²) >= 11 is 6.53. The molecule has 6 rings (SSSR count). The lowest BCUT2D eigenvalue weighted by molar-refractivity contribution is 0.283. The molecule has 0 bridgehead atoms. The van der Waals surface area contributed by atoms with E-state index in [0.717, 1.165) is 41.7 Å². The molecular formula is C26H26ClN5O. The molecular weight excluding hydrogens is 434 g/mol. The van der Waals surface area contributed by atoms with Gasteiger partial charge in [-0.3, -0.25) is 4.57 Å². The van der Waals surface area contributed by atoms with E-state index in [2.05, 4.69) is 34.4 Å². The Bertz CT molecular complexity index is 1360. The van der Waals surface area contributed by atoms with Crippen LogP contribution in [-0.2, 0) is 19.6 Å². The summed E-state index contributed by atoms with van der Waals surface area (Å²) in [5, 5.41) is 14.7. The summed E-state index contributed by atoms with van der Waals surface area (Å²) in [5.41, 5.74) is 7.22. The van der Waals surface area contributed by atoms with Crippen molar-refractivity contribution in [1.82, 2.24) is 19.4 Å². The van der Waals surface area contributed by atoms with Gasteiger partial charge in [-0.05, 0) is 67.1 Å². The number of nitrogens with zero attached hydrogens (tertiary/aromatic N) is 4. The van der Waals surface area contributed by atoms with Crippen molar-refractivity contribution in [3.8, 4) is 5.82 Å². The van der Waals surface area contributed by atoms with Gasteiger partial charge in [-0.1, -0.05) is 29.8 Å². The number of nitrogens with one attached hydrogen (secondary N) is 1. The molecule has 2 N–H and O–H groups in total. The molecule has 1 aliphatic heterocycles. The van der Waals surface area contributed by atoms with Crippen molar-refractivity contribution in [3.63, 3.8) is 0 Å². The number of aliphatic hydroxyl groups excluding tert-OH is 1. The molecule has 0 radical (unpaired) electrons. The summed E-state index contributed by atoms with van der Waals surface area (Å²) in [4.78, 5) is 11.6.